The number of benzene rings is 2. The first-order valence-corrected chi connectivity index (χ1v) is 9.26. The summed E-state index contributed by atoms with van der Waals surface area (Å²) in [5.41, 5.74) is 1.66. The maximum Gasteiger partial charge on any atom is 0.203 e. The molecule has 0 aliphatic carbocycles. The van der Waals surface area contributed by atoms with Gasteiger partial charge in [0, 0.05) is 23.3 Å². The molecule has 0 aliphatic heterocycles. The first kappa shape index (κ1) is 21.1. The average molecular weight is 412 g/mol. The Morgan fingerprint density at radius 2 is 1.60 bits per heavy atom. The van der Waals surface area contributed by atoms with Crippen LogP contribution in [0.5, 0.6) is 28.7 Å². The molecule has 0 atom stereocenters. The van der Waals surface area contributed by atoms with Crippen molar-refractivity contribution in [3.05, 3.63) is 51.7 Å². The van der Waals surface area contributed by atoms with Crippen LogP contribution in [0, 0.1) is 0 Å². The van der Waals surface area contributed by atoms with Gasteiger partial charge in [-0.15, -0.1) is 0 Å². The molecule has 30 heavy (non-hydrogen) atoms. The van der Waals surface area contributed by atoms with Crippen molar-refractivity contribution in [2.45, 2.75) is 20.3 Å². The highest BCUT2D eigenvalue weighted by molar-refractivity contribution is 5.89. The van der Waals surface area contributed by atoms with Gasteiger partial charge in [-0.25, -0.2) is 0 Å². The Kier molecular flexibility index (Phi) is 5.91. The predicted molar refractivity (Wildman–Crippen MR) is 114 cm³/mol. The number of aromatic hydroxyl groups is 2. The molecule has 3 rings (SSSR count). The van der Waals surface area contributed by atoms with E-state index in [4.69, 9.17) is 18.6 Å². The van der Waals surface area contributed by atoms with Gasteiger partial charge in [0.1, 0.15) is 28.2 Å². The number of rotatable bonds is 6. The number of hydrogen-bond acceptors (Lipinski definition) is 7. The Morgan fingerprint density at radius 3 is 2.13 bits per heavy atom. The molecule has 0 spiro atoms. The van der Waals surface area contributed by atoms with E-state index >= 15 is 0 Å². The molecule has 7 heteroatoms. The fourth-order valence-electron chi connectivity index (χ4n) is 3.22. The van der Waals surface area contributed by atoms with Gasteiger partial charge in [-0.1, -0.05) is 11.6 Å². The molecule has 0 aliphatic rings. The zero-order chi connectivity index (χ0) is 22.0. The van der Waals surface area contributed by atoms with E-state index in [1.807, 2.05) is 19.9 Å². The lowest BCUT2D eigenvalue weighted by molar-refractivity contribution is 0.324. The number of hydrogen-bond donors (Lipinski definition) is 2. The van der Waals surface area contributed by atoms with Crippen LogP contribution in [0.15, 0.2) is 45.1 Å². The Hall–Kier alpha value is -3.61. The van der Waals surface area contributed by atoms with Gasteiger partial charge in [0.05, 0.1) is 21.3 Å². The van der Waals surface area contributed by atoms with Crippen LogP contribution in [-0.4, -0.2) is 31.5 Å². The quantitative estimate of drug-likeness (QED) is 0.579. The topological polar surface area (TPSA) is 98.4 Å². The van der Waals surface area contributed by atoms with Crippen molar-refractivity contribution in [1.29, 1.82) is 0 Å². The molecule has 1 aromatic heterocycles. The van der Waals surface area contributed by atoms with Crippen molar-refractivity contribution in [3.8, 4) is 40.1 Å². The second kappa shape index (κ2) is 8.41. The number of fused-ring (bicyclic) bond motifs is 1. The highest BCUT2D eigenvalue weighted by atomic mass is 16.5. The molecule has 2 N–H and O–H groups in total. The van der Waals surface area contributed by atoms with E-state index in [9.17, 15) is 15.0 Å². The maximum absolute atomic E-state index is 12.8. The number of phenols is 2. The summed E-state index contributed by atoms with van der Waals surface area (Å²) in [5, 5.41) is 20.6. The van der Waals surface area contributed by atoms with Gasteiger partial charge in [-0.3, -0.25) is 4.79 Å². The number of ether oxygens (including phenoxy) is 3. The van der Waals surface area contributed by atoms with Crippen molar-refractivity contribution in [3.63, 3.8) is 0 Å². The van der Waals surface area contributed by atoms with Gasteiger partial charge in [-0.2, -0.15) is 0 Å². The van der Waals surface area contributed by atoms with Crippen LogP contribution in [0.3, 0.4) is 0 Å². The second-order valence-electron chi connectivity index (χ2n) is 6.97. The fraction of sp³-hybridized carbons (Fsp3) is 0.261. The minimum atomic E-state index is -0.434. The summed E-state index contributed by atoms with van der Waals surface area (Å²) in [4.78, 5) is 12.8. The fourth-order valence-corrected chi connectivity index (χ4v) is 3.22. The molecule has 158 valence electrons. The summed E-state index contributed by atoms with van der Waals surface area (Å²) >= 11 is 0. The zero-order valence-electron chi connectivity index (χ0n) is 17.5. The molecular weight excluding hydrogens is 388 g/mol. The van der Waals surface area contributed by atoms with Gasteiger partial charge < -0.3 is 28.8 Å². The average Bonchev–Trinajstić information content (AvgIpc) is 2.71. The lowest BCUT2D eigenvalue weighted by atomic mass is 10.0. The normalized spacial score (nSPS) is 10.7. The van der Waals surface area contributed by atoms with Crippen LogP contribution in [0.2, 0.25) is 0 Å². The minimum absolute atomic E-state index is 0.0150. The van der Waals surface area contributed by atoms with E-state index in [2.05, 4.69) is 0 Å². The van der Waals surface area contributed by atoms with Crippen LogP contribution < -0.4 is 19.6 Å². The zero-order valence-corrected chi connectivity index (χ0v) is 17.5. The third kappa shape index (κ3) is 3.78. The van der Waals surface area contributed by atoms with Gasteiger partial charge in [-0.05, 0) is 32.4 Å². The Balaban J connectivity index is 2.32. The van der Waals surface area contributed by atoms with Crippen molar-refractivity contribution >= 4 is 11.0 Å². The summed E-state index contributed by atoms with van der Waals surface area (Å²) in [7, 11) is 4.48. The molecular formula is C23H24O7. The van der Waals surface area contributed by atoms with E-state index in [0.717, 1.165) is 11.6 Å². The molecule has 1 heterocycles. The van der Waals surface area contributed by atoms with Crippen molar-refractivity contribution in [1.82, 2.24) is 0 Å². The summed E-state index contributed by atoms with van der Waals surface area (Å²) in [5.74, 6) is 0.953. The minimum Gasteiger partial charge on any atom is -0.507 e. The summed E-state index contributed by atoms with van der Waals surface area (Å²) in [6, 6.07) is 5.75. The monoisotopic (exact) mass is 412 g/mol. The van der Waals surface area contributed by atoms with Gasteiger partial charge in [0.2, 0.25) is 5.75 Å². The Labute approximate surface area is 173 Å². The van der Waals surface area contributed by atoms with Crippen molar-refractivity contribution in [2.75, 3.05) is 21.3 Å². The van der Waals surface area contributed by atoms with E-state index in [1.165, 1.54) is 27.4 Å². The van der Waals surface area contributed by atoms with Gasteiger partial charge >= 0.3 is 0 Å². The molecule has 0 amide bonds. The van der Waals surface area contributed by atoms with E-state index in [0.29, 0.717) is 34.8 Å². The van der Waals surface area contributed by atoms with E-state index in [-0.39, 0.29) is 28.2 Å². The highest BCUT2D eigenvalue weighted by Gasteiger charge is 2.20. The van der Waals surface area contributed by atoms with Crippen molar-refractivity contribution in [2.24, 2.45) is 0 Å². The first-order chi connectivity index (χ1) is 14.3. The van der Waals surface area contributed by atoms with Crippen LogP contribution in [-0.2, 0) is 6.42 Å². The lowest BCUT2D eigenvalue weighted by Gasteiger charge is -2.14. The molecule has 0 fully saturated rings. The molecule has 0 bridgehead atoms. The molecule has 2 aromatic carbocycles. The smallest absolute Gasteiger partial charge is 0.203 e. The summed E-state index contributed by atoms with van der Waals surface area (Å²) < 4.78 is 22.1. The highest BCUT2D eigenvalue weighted by Crippen LogP contribution is 2.42. The molecule has 0 unspecified atom stereocenters. The van der Waals surface area contributed by atoms with E-state index < -0.39 is 5.43 Å². The third-order valence-electron chi connectivity index (χ3n) is 4.72. The first-order valence-electron chi connectivity index (χ1n) is 9.26. The number of phenolic OH excluding ortho intramolecular Hbond substituents is 2. The SMILES string of the molecule is COc1cc(-c2cc(=O)c3c(O)cc(O)c(CC=C(C)C)c3o2)cc(OC)c1OC. The van der Waals surface area contributed by atoms with E-state index in [1.54, 1.807) is 12.1 Å². The Morgan fingerprint density at radius 1 is 0.967 bits per heavy atom. The molecule has 0 saturated heterocycles. The molecule has 7 nitrogen and oxygen atoms in total. The van der Waals surface area contributed by atoms with Crippen molar-refractivity contribution < 1.29 is 28.8 Å². The third-order valence-corrected chi connectivity index (χ3v) is 4.72. The largest absolute Gasteiger partial charge is 0.507 e. The summed E-state index contributed by atoms with van der Waals surface area (Å²) in [6.45, 7) is 3.86. The second-order valence-corrected chi connectivity index (χ2v) is 6.97. The Bertz CT molecular complexity index is 1160. The maximum atomic E-state index is 12.8. The molecule has 3 aromatic rings. The standard InChI is InChI=1S/C23H24O7/c1-12(2)6-7-14-15(24)10-16(25)21-17(26)11-18(30-22(14)21)13-8-19(27-3)23(29-5)20(9-13)28-4/h6,8-11,24-25H,7H2,1-5H3. The predicted octanol–water partition coefficient (Wildman–Crippen LogP) is 4.41. The summed E-state index contributed by atoms with van der Waals surface area (Å²) in [6.07, 6.45) is 2.24. The van der Waals surface area contributed by atoms with Gasteiger partial charge in [0.25, 0.3) is 0 Å². The molecule has 0 saturated carbocycles. The molecule has 0 radical (unpaired) electrons. The van der Waals surface area contributed by atoms with Gasteiger partial charge in [0.15, 0.2) is 16.9 Å². The van der Waals surface area contributed by atoms with Crippen LogP contribution in [0.25, 0.3) is 22.3 Å². The number of allylic oxidation sites excluding steroid dienone is 2. The van der Waals surface area contributed by atoms with Crippen LogP contribution >= 0.6 is 0 Å². The number of methoxy groups -OCH3 is 3. The van der Waals surface area contributed by atoms with Crippen LogP contribution in [0.4, 0.5) is 0 Å². The lowest BCUT2D eigenvalue weighted by Crippen LogP contribution is -2.03. The van der Waals surface area contributed by atoms with Crippen LogP contribution in [0.1, 0.15) is 19.4 Å².